The minimum Gasteiger partial charge on any atom is -0.379 e. The molecule has 134 valence electrons. The zero-order valence-corrected chi connectivity index (χ0v) is 15.8. The fourth-order valence-electron chi connectivity index (χ4n) is 2.73. The van der Waals surface area contributed by atoms with Gasteiger partial charge in [0, 0.05) is 30.2 Å². The summed E-state index contributed by atoms with van der Waals surface area (Å²) in [4.78, 5) is 20.0. The molecule has 0 spiro atoms. The summed E-state index contributed by atoms with van der Waals surface area (Å²) in [6.45, 7) is 7.10. The Kier molecular flexibility index (Phi) is 6.42. The number of hydrogen-bond acceptors (Lipinski definition) is 5. The van der Waals surface area contributed by atoms with Crippen LogP contribution in [0.5, 0.6) is 0 Å². The molecule has 0 radical (unpaired) electrons. The lowest BCUT2D eigenvalue weighted by molar-refractivity contribution is 0.0374. The van der Waals surface area contributed by atoms with E-state index in [1.165, 1.54) is 11.3 Å². The monoisotopic (exact) mass is 379 g/mol. The number of benzene rings is 1. The fourth-order valence-corrected chi connectivity index (χ4v) is 3.85. The van der Waals surface area contributed by atoms with Crippen LogP contribution in [0.4, 0.5) is 0 Å². The van der Waals surface area contributed by atoms with Crippen LogP contribution in [0.2, 0.25) is 5.02 Å². The molecule has 2 aromatic rings. The number of ether oxygens (including phenoxy) is 1. The number of aryl methyl sites for hydroxylation is 1. The second kappa shape index (κ2) is 8.76. The van der Waals surface area contributed by atoms with E-state index in [0.717, 1.165) is 55.5 Å². The minimum absolute atomic E-state index is 0.0443. The van der Waals surface area contributed by atoms with Gasteiger partial charge in [0.15, 0.2) is 0 Å². The largest absolute Gasteiger partial charge is 0.379 e. The van der Waals surface area contributed by atoms with Crippen molar-refractivity contribution in [3.8, 4) is 10.6 Å². The van der Waals surface area contributed by atoms with Crippen molar-refractivity contribution < 1.29 is 9.53 Å². The van der Waals surface area contributed by atoms with Crippen molar-refractivity contribution in [1.82, 2.24) is 15.2 Å². The maximum atomic E-state index is 12.4. The van der Waals surface area contributed by atoms with E-state index < -0.39 is 0 Å². The third kappa shape index (κ3) is 5.01. The van der Waals surface area contributed by atoms with Crippen LogP contribution in [-0.2, 0) is 4.74 Å². The quantitative estimate of drug-likeness (QED) is 0.783. The highest BCUT2D eigenvalue weighted by Gasteiger charge is 2.16. The van der Waals surface area contributed by atoms with Gasteiger partial charge in [0.2, 0.25) is 0 Å². The first-order chi connectivity index (χ1) is 12.1. The van der Waals surface area contributed by atoms with Crippen LogP contribution in [0.1, 0.15) is 21.8 Å². The van der Waals surface area contributed by atoms with Gasteiger partial charge in [-0.05, 0) is 32.0 Å². The molecule has 1 aliphatic rings. The zero-order valence-electron chi connectivity index (χ0n) is 14.3. The van der Waals surface area contributed by atoms with E-state index in [-0.39, 0.29) is 5.91 Å². The summed E-state index contributed by atoms with van der Waals surface area (Å²) in [6.07, 6.45) is 0.938. The van der Waals surface area contributed by atoms with Gasteiger partial charge >= 0.3 is 0 Å². The number of hydrogen-bond donors (Lipinski definition) is 1. The Balaban J connectivity index is 1.52. The first kappa shape index (κ1) is 18.3. The van der Waals surface area contributed by atoms with Crippen LogP contribution < -0.4 is 5.32 Å². The summed E-state index contributed by atoms with van der Waals surface area (Å²) in [5.74, 6) is -0.0443. The third-order valence-electron chi connectivity index (χ3n) is 4.13. The Morgan fingerprint density at radius 1 is 1.32 bits per heavy atom. The SMILES string of the molecule is Cc1nc(-c2ccc(Cl)cc2)sc1C(=O)NCCCN1CCOCC1. The molecule has 1 N–H and O–H groups in total. The van der Waals surface area contributed by atoms with E-state index in [9.17, 15) is 4.79 Å². The molecule has 0 saturated carbocycles. The van der Waals surface area contributed by atoms with E-state index in [1.54, 1.807) is 0 Å². The third-order valence-corrected chi connectivity index (χ3v) is 5.59. The van der Waals surface area contributed by atoms with E-state index in [4.69, 9.17) is 16.3 Å². The smallest absolute Gasteiger partial charge is 0.263 e. The molecule has 7 heteroatoms. The molecular formula is C18H22ClN3O2S. The highest BCUT2D eigenvalue weighted by Crippen LogP contribution is 2.28. The van der Waals surface area contributed by atoms with Crippen LogP contribution >= 0.6 is 22.9 Å². The molecule has 0 bridgehead atoms. The lowest BCUT2D eigenvalue weighted by atomic mass is 10.2. The number of carbonyl (C=O) groups excluding carboxylic acids is 1. The normalized spacial score (nSPS) is 15.3. The molecule has 0 aliphatic carbocycles. The first-order valence-corrected chi connectivity index (χ1v) is 9.64. The molecule has 1 aliphatic heterocycles. The second-order valence-electron chi connectivity index (χ2n) is 6.00. The predicted octanol–water partition coefficient (Wildman–Crippen LogP) is 3.22. The Morgan fingerprint density at radius 2 is 2.04 bits per heavy atom. The summed E-state index contributed by atoms with van der Waals surface area (Å²) in [5.41, 5.74) is 1.74. The molecule has 25 heavy (non-hydrogen) atoms. The van der Waals surface area contributed by atoms with Gasteiger partial charge in [0.1, 0.15) is 9.88 Å². The molecule has 1 aromatic heterocycles. The lowest BCUT2D eigenvalue weighted by Crippen LogP contribution is -2.38. The molecule has 0 atom stereocenters. The molecular weight excluding hydrogens is 358 g/mol. The van der Waals surface area contributed by atoms with Gasteiger partial charge in [-0.25, -0.2) is 4.98 Å². The topological polar surface area (TPSA) is 54.5 Å². The van der Waals surface area contributed by atoms with E-state index in [2.05, 4.69) is 15.2 Å². The summed E-state index contributed by atoms with van der Waals surface area (Å²) in [6, 6.07) is 7.51. The van der Waals surface area contributed by atoms with Crippen LogP contribution in [-0.4, -0.2) is 55.2 Å². The van der Waals surface area contributed by atoms with E-state index in [1.807, 2.05) is 31.2 Å². The second-order valence-corrected chi connectivity index (χ2v) is 7.44. The Morgan fingerprint density at radius 3 is 2.76 bits per heavy atom. The van der Waals surface area contributed by atoms with Crippen molar-refractivity contribution in [2.24, 2.45) is 0 Å². The number of carbonyl (C=O) groups is 1. The Hall–Kier alpha value is -1.47. The minimum atomic E-state index is -0.0443. The van der Waals surface area contributed by atoms with Gasteiger partial charge < -0.3 is 10.1 Å². The number of aromatic nitrogens is 1. The van der Waals surface area contributed by atoms with Gasteiger partial charge in [-0.1, -0.05) is 23.7 Å². The van der Waals surface area contributed by atoms with Gasteiger partial charge in [0.05, 0.1) is 18.9 Å². The Labute approximate surface area is 157 Å². The van der Waals surface area contributed by atoms with E-state index >= 15 is 0 Å². The van der Waals surface area contributed by atoms with Crippen molar-refractivity contribution in [3.63, 3.8) is 0 Å². The Bertz CT molecular complexity index is 712. The predicted molar refractivity (Wildman–Crippen MR) is 102 cm³/mol. The molecule has 2 heterocycles. The molecule has 1 saturated heterocycles. The number of nitrogens with one attached hydrogen (secondary N) is 1. The molecule has 1 aromatic carbocycles. The summed E-state index contributed by atoms with van der Waals surface area (Å²) >= 11 is 7.34. The van der Waals surface area contributed by atoms with Crippen LogP contribution in [0.3, 0.4) is 0 Å². The van der Waals surface area contributed by atoms with Crippen molar-refractivity contribution in [2.45, 2.75) is 13.3 Å². The van der Waals surface area contributed by atoms with Gasteiger partial charge in [-0.3, -0.25) is 9.69 Å². The standard InChI is InChI=1S/C18H22ClN3O2S/c1-13-16(25-18(21-13)14-3-5-15(19)6-4-14)17(23)20-7-2-8-22-9-11-24-12-10-22/h3-6H,2,7-12H2,1H3,(H,20,23). The maximum Gasteiger partial charge on any atom is 0.263 e. The van der Waals surface area contributed by atoms with Crippen molar-refractivity contribution in [3.05, 3.63) is 39.9 Å². The van der Waals surface area contributed by atoms with Crippen LogP contribution in [0, 0.1) is 6.92 Å². The van der Waals surface area contributed by atoms with Crippen molar-refractivity contribution in [1.29, 1.82) is 0 Å². The number of rotatable bonds is 6. The summed E-state index contributed by atoms with van der Waals surface area (Å²) < 4.78 is 5.34. The van der Waals surface area contributed by atoms with Crippen LogP contribution in [0.25, 0.3) is 10.6 Å². The zero-order chi connectivity index (χ0) is 17.6. The van der Waals surface area contributed by atoms with Gasteiger partial charge in [0.25, 0.3) is 5.91 Å². The molecule has 0 unspecified atom stereocenters. The molecule has 3 rings (SSSR count). The molecule has 1 amide bonds. The highest BCUT2D eigenvalue weighted by molar-refractivity contribution is 7.17. The molecule has 5 nitrogen and oxygen atoms in total. The number of amides is 1. The van der Waals surface area contributed by atoms with Gasteiger partial charge in [-0.2, -0.15) is 0 Å². The number of morpholine rings is 1. The van der Waals surface area contributed by atoms with Crippen molar-refractivity contribution >= 4 is 28.8 Å². The summed E-state index contributed by atoms with van der Waals surface area (Å²) in [7, 11) is 0. The summed E-state index contributed by atoms with van der Waals surface area (Å²) in [5, 5.41) is 4.54. The van der Waals surface area contributed by atoms with Crippen LogP contribution in [0.15, 0.2) is 24.3 Å². The highest BCUT2D eigenvalue weighted by atomic mass is 35.5. The number of halogens is 1. The first-order valence-electron chi connectivity index (χ1n) is 8.45. The van der Waals surface area contributed by atoms with Gasteiger partial charge in [-0.15, -0.1) is 11.3 Å². The maximum absolute atomic E-state index is 12.4. The fraction of sp³-hybridized carbons (Fsp3) is 0.444. The number of nitrogens with zero attached hydrogens (tertiary/aromatic N) is 2. The average Bonchev–Trinajstić information content (AvgIpc) is 3.02. The molecule has 1 fully saturated rings. The average molecular weight is 380 g/mol. The lowest BCUT2D eigenvalue weighted by Gasteiger charge is -2.26. The number of thiazole rings is 1. The van der Waals surface area contributed by atoms with Crippen molar-refractivity contribution in [2.75, 3.05) is 39.4 Å². The van der Waals surface area contributed by atoms with E-state index in [0.29, 0.717) is 16.4 Å².